The fourth-order valence-corrected chi connectivity index (χ4v) is 3.24. The fraction of sp³-hybridized carbons (Fsp3) is 0.375. The van der Waals surface area contributed by atoms with E-state index in [0.717, 1.165) is 41.9 Å². The molecule has 2 N–H and O–H groups in total. The van der Waals surface area contributed by atoms with Gasteiger partial charge in [0.05, 0.1) is 0 Å². The standard InChI is InChI=1S/C16H21N5S/c1-12-3-5-13(6-4-12)22-16-14(17)15(18-11-19-16)21-9-7-20(2)8-10-21/h3-6,11H,7-10,17H2,1-2H3. The molecule has 6 heteroatoms. The molecule has 1 aliphatic rings. The van der Waals surface area contributed by atoms with Crippen LogP contribution in [0.15, 0.2) is 40.5 Å². The van der Waals surface area contributed by atoms with Crippen LogP contribution >= 0.6 is 11.8 Å². The Morgan fingerprint density at radius 1 is 1.05 bits per heavy atom. The molecule has 5 nitrogen and oxygen atoms in total. The van der Waals surface area contributed by atoms with Gasteiger partial charge in [-0.3, -0.25) is 0 Å². The third kappa shape index (κ3) is 3.34. The van der Waals surface area contributed by atoms with Gasteiger partial charge in [-0.25, -0.2) is 9.97 Å². The first-order valence-electron chi connectivity index (χ1n) is 7.42. The Balaban J connectivity index is 1.81. The van der Waals surface area contributed by atoms with Gasteiger partial charge in [-0.2, -0.15) is 0 Å². The number of benzene rings is 1. The summed E-state index contributed by atoms with van der Waals surface area (Å²) in [5.41, 5.74) is 8.25. The van der Waals surface area contributed by atoms with E-state index in [1.54, 1.807) is 18.1 Å². The van der Waals surface area contributed by atoms with Gasteiger partial charge in [0, 0.05) is 31.1 Å². The lowest BCUT2D eigenvalue weighted by atomic mass is 10.2. The molecule has 1 saturated heterocycles. The molecular weight excluding hydrogens is 294 g/mol. The maximum absolute atomic E-state index is 6.33. The van der Waals surface area contributed by atoms with Crippen LogP contribution in [0.2, 0.25) is 0 Å². The van der Waals surface area contributed by atoms with Gasteiger partial charge in [0.25, 0.3) is 0 Å². The molecule has 116 valence electrons. The molecule has 2 aromatic rings. The third-order valence-electron chi connectivity index (χ3n) is 3.86. The van der Waals surface area contributed by atoms with Gasteiger partial charge in [0.15, 0.2) is 5.82 Å². The number of anilines is 2. The first-order chi connectivity index (χ1) is 10.6. The molecule has 1 aliphatic heterocycles. The minimum Gasteiger partial charge on any atom is -0.394 e. The summed E-state index contributed by atoms with van der Waals surface area (Å²) in [4.78, 5) is 14.5. The Bertz CT molecular complexity index is 635. The van der Waals surface area contributed by atoms with Crippen LogP contribution in [0.25, 0.3) is 0 Å². The minimum absolute atomic E-state index is 0.678. The average Bonchev–Trinajstić information content (AvgIpc) is 2.53. The quantitative estimate of drug-likeness (QED) is 0.877. The Kier molecular flexibility index (Phi) is 4.49. The highest BCUT2D eigenvalue weighted by Gasteiger charge is 2.19. The van der Waals surface area contributed by atoms with Crippen LogP contribution in [-0.4, -0.2) is 48.1 Å². The SMILES string of the molecule is Cc1ccc(Sc2ncnc(N3CCN(C)CC3)c2N)cc1. The van der Waals surface area contributed by atoms with Crippen molar-refractivity contribution in [3.63, 3.8) is 0 Å². The van der Waals surface area contributed by atoms with Crippen LogP contribution in [0, 0.1) is 6.92 Å². The van der Waals surface area contributed by atoms with Crippen LogP contribution in [0.1, 0.15) is 5.56 Å². The van der Waals surface area contributed by atoms with Crippen molar-refractivity contribution in [3.8, 4) is 0 Å². The summed E-state index contributed by atoms with van der Waals surface area (Å²) in [6.07, 6.45) is 1.61. The summed E-state index contributed by atoms with van der Waals surface area (Å²) in [6.45, 7) is 6.05. The van der Waals surface area contributed by atoms with Gasteiger partial charge in [-0.1, -0.05) is 29.5 Å². The summed E-state index contributed by atoms with van der Waals surface area (Å²) < 4.78 is 0. The second-order valence-electron chi connectivity index (χ2n) is 5.62. The van der Waals surface area contributed by atoms with Gasteiger partial charge >= 0.3 is 0 Å². The minimum atomic E-state index is 0.678. The molecule has 0 aliphatic carbocycles. The van der Waals surface area contributed by atoms with Gasteiger partial charge < -0.3 is 15.5 Å². The average molecular weight is 315 g/mol. The Morgan fingerprint density at radius 2 is 1.73 bits per heavy atom. The highest BCUT2D eigenvalue weighted by Crippen LogP contribution is 2.34. The molecule has 0 spiro atoms. The zero-order chi connectivity index (χ0) is 15.5. The van der Waals surface area contributed by atoms with Crippen LogP contribution in [0.5, 0.6) is 0 Å². The lowest BCUT2D eigenvalue weighted by Crippen LogP contribution is -2.45. The maximum atomic E-state index is 6.33. The number of nitrogens with zero attached hydrogens (tertiary/aromatic N) is 4. The number of aryl methyl sites for hydroxylation is 1. The summed E-state index contributed by atoms with van der Waals surface area (Å²) in [5, 5.41) is 0.827. The molecule has 1 aromatic carbocycles. The predicted octanol–water partition coefficient (Wildman–Crippen LogP) is 2.27. The molecule has 22 heavy (non-hydrogen) atoms. The zero-order valence-electron chi connectivity index (χ0n) is 13.0. The van der Waals surface area contributed by atoms with Crippen LogP contribution in [0.4, 0.5) is 11.5 Å². The lowest BCUT2D eigenvalue weighted by molar-refractivity contribution is 0.312. The van der Waals surface area contributed by atoms with Crippen LogP contribution < -0.4 is 10.6 Å². The number of hydrogen-bond donors (Lipinski definition) is 1. The highest BCUT2D eigenvalue weighted by molar-refractivity contribution is 7.99. The summed E-state index contributed by atoms with van der Waals surface area (Å²) in [6, 6.07) is 8.39. The first kappa shape index (κ1) is 15.1. The molecule has 2 heterocycles. The van der Waals surface area contributed by atoms with Gasteiger partial charge in [0.1, 0.15) is 17.0 Å². The fourth-order valence-electron chi connectivity index (χ4n) is 2.44. The number of nitrogens with two attached hydrogens (primary N) is 1. The molecule has 0 bridgehead atoms. The van der Waals surface area contributed by atoms with Gasteiger partial charge in [-0.05, 0) is 26.1 Å². The summed E-state index contributed by atoms with van der Waals surface area (Å²) in [7, 11) is 2.14. The van der Waals surface area contributed by atoms with E-state index in [9.17, 15) is 0 Å². The zero-order valence-corrected chi connectivity index (χ0v) is 13.8. The number of piperazine rings is 1. The molecule has 1 aromatic heterocycles. The van der Waals surface area contributed by atoms with Crippen molar-refractivity contribution in [1.29, 1.82) is 0 Å². The van der Waals surface area contributed by atoms with Crippen LogP contribution in [-0.2, 0) is 0 Å². The van der Waals surface area contributed by atoms with Crippen molar-refractivity contribution in [2.75, 3.05) is 43.9 Å². The van der Waals surface area contributed by atoms with Gasteiger partial charge in [-0.15, -0.1) is 0 Å². The topological polar surface area (TPSA) is 58.3 Å². The van der Waals surface area contributed by atoms with E-state index in [2.05, 4.69) is 58.0 Å². The summed E-state index contributed by atoms with van der Waals surface area (Å²) >= 11 is 1.59. The predicted molar refractivity (Wildman–Crippen MR) is 91.5 cm³/mol. The van der Waals surface area contributed by atoms with E-state index in [-0.39, 0.29) is 0 Å². The molecule has 0 radical (unpaired) electrons. The van der Waals surface area contributed by atoms with E-state index >= 15 is 0 Å². The highest BCUT2D eigenvalue weighted by atomic mass is 32.2. The van der Waals surface area contributed by atoms with E-state index in [0.29, 0.717) is 5.69 Å². The second kappa shape index (κ2) is 6.54. The first-order valence-corrected chi connectivity index (χ1v) is 8.23. The van der Waals surface area contributed by atoms with E-state index in [1.807, 2.05) is 0 Å². The van der Waals surface area contributed by atoms with Crippen molar-refractivity contribution in [2.24, 2.45) is 0 Å². The second-order valence-corrected chi connectivity index (χ2v) is 6.68. The Labute approximate surface area is 135 Å². The Morgan fingerprint density at radius 3 is 2.41 bits per heavy atom. The summed E-state index contributed by atoms with van der Waals surface area (Å²) in [5.74, 6) is 0.859. The number of rotatable bonds is 3. The van der Waals surface area contributed by atoms with E-state index in [4.69, 9.17) is 5.73 Å². The van der Waals surface area contributed by atoms with Crippen molar-refractivity contribution >= 4 is 23.3 Å². The number of aromatic nitrogens is 2. The number of likely N-dealkylation sites (N-methyl/N-ethyl adjacent to an activating group) is 1. The van der Waals surface area contributed by atoms with Crippen LogP contribution in [0.3, 0.4) is 0 Å². The van der Waals surface area contributed by atoms with E-state index in [1.165, 1.54) is 5.56 Å². The van der Waals surface area contributed by atoms with Crippen molar-refractivity contribution < 1.29 is 0 Å². The maximum Gasteiger partial charge on any atom is 0.156 e. The normalized spacial score (nSPS) is 16.0. The largest absolute Gasteiger partial charge is 0.394 e. The van der Waals surface area contributed by atoms with Crippen molar-refractivity contribution in [3.05, 3.63) is 36.2 Å². The third-order valence-corrected chi connectivity index (χ3v) is 4.89. The lowest BCUT2D eigenvalue weighted by Gasteiger charge is -2.33. The van der Waals surface area contributed by atoms with Crippen molar-refractivity contribution in [1.82, 2.24) is 14.9 Å². The molecular formula is C16H21N5S. The van der Waals surface area contributed by atoms with E-state index < -0.39 is 0 Å². The van der Waals surface area contributed by atoms with Crippen molar-refractivity contribution in [2.45, 2.75) is 16.8 Å². The molecule has 1 fully saturated rings. The molecule has 0 saturated carbocycles. The number of nitrogen functional groups attached to an aromatic ring is 1. The smallest absolute Gasteiger partial charge is 0.156 e. The Hall–Kier alpha value is -1.79. The molecule has 0 atom stereocenters. The van der Waals surface area contributed by atoms with Gasteiger partial charge in [0.2, 0.25) is 0 Å². The monoisotopic (exact) mass is 315 g/mol. The molecule has 3 rings (SSSR count). The molecule has 0 unspecified atom stereocenters. The number of hydrogen-bond acceptors (Lipinski definition) is 6. The molecule has 0 amide bonds.